The fourth-order valence-corrected chi connectivity index (χ4v) is 0.663. The van der Waals surface area contributed by atoms with E-state index in [9.17, 15) is 4.79 Å². The molecule has 0 aromatic heterocycles. The second kappa shape index (κ2) is 5.56. The minimum Gasteiger partial charge on any atom is -0.354 e. The number of hydrogen-bond donors (Lipinski definition) is 2. The van der Waals surface area contributed by atoms with E-state index < -0.39 is 0 Å². The molecule has 0 bridgehead atoms. The van der Waals surface area contributed by atoms with Gasteiger partial charge in [-0.3, -0.25) is 4.79 Å². The molecule has 3 nitrogen and oxygen atoms in total. The Bertz CT molecular complexity index is 108. The molecule has 1 atom stereocenters. The molecule has 0 aliphatic heterocycles. The Labute approximate surface area is 65.7 Å². The molecule has 3 N–H and O–H groups in total. The van der Waals surface area contributed by atoms with Gasteiger partial charge in [0.05, 0.1) is 6.54 Å². The van der Waals surface area contributed by atoms with Crippen LogP contribution in [0.25, 0.3) is 0 Å². The van der Waals surface area contributed by atoms with Crippen LogP contribution in [0.4, 0.5) is 0 Å². The maximum absolute atomic E-state index is 10.6. The summed E-state index contributed by atoms with van der Waals surface area (Å²) in [7, 11) is 0. The molecule has 4 heteroatoms. The molecule has 0 aliphatic rings. The molecule has 0 heterocycles. The van der Waals surface area contributed by atoms with Gasteiger partial charge in [-0.1, -0.05) is 6.92 Å². The monoisotopic (exact) mass is 162 g/mol. The highest BCUT2D eigenvalue weighted by Gasteiger charge is 2.00. The first-order valence-corrected chi connectivity index (χ1v) is 4.49. The molecule has 0 aromatic carbocycles. The summed E-state index contributed by atoms with van der Waals surface area (Å²) in [4.78, 5) is 10.6. The first-order valence-electron chi connectivity index (χ1n) is 3.20. The number of thioether (sulfide) groups is 1. The first kappa shape index (κ1) is 9.78. The van der Waals surface area contributed by atoms with Gasteiger partial charge in [-0.2, -0.15) is 11.8 Å². The lowest BCUT2D eigenvalue weighted by molar-refractivity contribution is -0.119. The van der Waals surface area contributed by atoms with Gasteiger partial charge in [0.25, 0.3) is 0 Å². The molecule has 0 aliphatic carbocycles. The van der Waals surface area contributed by atoms with E-state index in [4.69, 9.17) is 5.73 Å². The topological polar surface area (TPSA) is 55.1 Å². The first-order chi connectivity index (χ1) is 4.70. The summed E-state index contributed by atoms with van der Waals surface area (Å²) in [6.07, 6.45) is 2.01. The van der Waals surface area contributed by atoms with Crippen molar-refractivity contribution < 1.29 is 4.79 Å². The van der Waals surface area contributed by atoms with E-state index in [0.29, 0.717) is 11.8 Å². The summed E-state index contributed by atoms with van der Waals surface area (Å²) in [6.45, 7) is 2.85. The highest BCUT2D eigenvalue weighted by atomic mass is 32.2. The molecule has 0 spiro atoms. The number of carbonyl (C=O) groups is 1. The number of amides is 1. The zero-order valence-corrected chi connectivity index (χ0v) is 7.20. The van der Waals surface area contributed by atoms with Gasteiger partial charge in [-0.15, -0.1) is 0 Å². The molecule has 0 saturated heterocycles. The molecule has 0 rings (SSSR count). The van der Waals surface area contributed by atoms with Crippen LogP contribution >= 0.6 is 11.8 Å². The maximum atomic E-state index is 10.6. The van der Waals surface area contributed by atoms with Crippen LogP contribution in [0.2, 0.25) is 0 Å². The SMILES string of the molecule is CSC(C)CNC(=O)CN. The molecule has 1 amide bonds. The second-order valence-electron chi connectivity index (χ2n) is 2.05. The Balaban J connectivity index is 3.26. The third-order valence-electron chi connectivity index (χ3n) is 1.17. The predicted octanol–water partition coefficient (Wildman–Crippen LogP) is -0.187. The van der Waals surface area contributed by atoms with Crippen LogP contribution in [0.1, 0.15) is 6.92 Å². The molecule has 0 radical (unpaired) electrons. The number of rotatable bonds is 4. The third kappa shape index (κ3) is 4.64. The summed E-state index contributed by atoms with van der Waals surface area (Å²) in [5.41, 5.74) is 5.08. The molecule has 0 aromatic rings. The van der Waals surface area contributed by atoms with E-state index in [1.807, 2.05) is 6.26 Å². The Kier molecular flexibility index (Phi) is 5.43. The van der Waals surface area contributed by atoms with Crippen LogP contribution in [0, 0.1) is 0 Å². The predicted molar refractivity (Wildman–Crippen MR) is 45.0 cm³/mol. The van der Waals surface area contributed by atoms with Crippen LogP contribution in [0.3, 0.4) is 0 Å². The second-order valence-corrected chi connectivity index (χ2v) is 3.33. The Morgan fingerprint density at radius 2 is 2.40 bits per heavy atom. The van der Waals surface area contributed by atoms with Gasteiger partial charge in [-0.25, -0.2) is 0 Å². The van der Waals surface area contributed by atoms with Crippen molar-refractivity contribution in [3.63, 3.8) is 0 Å². The Hall–Kier alpha value is -0.220. The molecular formula is C6H14N2OS. The molecule has 1 unspecified atom stereocenters. The van der Waals surface area contributed by atoms with Gasteiger partial charge < -0.3 is 11.1 Å². The van der Waals surface area contributed by atoms with Crippen molar-refractivity contribution in [1.82, 2.24) is 5.32 Å². The van der Waals surface area contributed by atoms with E-state index in [1.165, 1.54) is 0 Å². The van der Waals surface area contributed by atoms with Crippen LogP contribution in [0.5, 0.6) is 0 Å². The minimum atomic E-state index is -0.0825. The lowest BCUT2D eigenvalue weighted by atomic mass is 10.4. The number of nitrogens with two attached hydrogens (primary N) is 1. The maximum Gasteiger partial charge on any atom is 0.233 e. The molecular weight excluding hydrogens is 148 g/mol. The summed E-state index contributed by atoms with van der Waals surface area (Å²) < 4.78 is 0. The largest absolute Gasteiger partial charge is 0.354 e. The summed E-state index contributed by atoms with van der Waals surface area (Å²) in [5, 5.41) is 3.17. The van der Waals surface area contributed by atoms with Crippen molar-refractivity contribution in [2.24, 2.45) is 5.73 Å². The molecule has 60 valence electrons. The van der Waals surface area contributed by atoms with Crippen molar-refractivity contribution >= 4 is 17.7 Å². The lowest BCUT2D eigenvalue weighted by Crippen LogP contribution is -2.34. The number of carbonyl (C=O) groups excluding carboxylic acids is 1. The van der Waals surface area contributed by atoms with Crippen LogP contribution in [-0.4, -0.2) is 30.5 Å². The number of hydrogen-bond acceptors (Lipinski definition) is 3. The van der Waals surface area contributed by atoms with Crippen molar-refractivity contribution in [3.05, 3.63) is 0 Å². The summed E-state index contributed by atoms with van der Waals surface area (Å²) >= 11 is 1.72. The van der Waals surface area contributed by atoms with E-state index in [-0.39, 0.29) is 12.5 Å². The quantitative estimate of drug-likeness (QED) is 0.602. The third-order valence-corrected chi connectivity index (χ3v) is 2.15. The van der Waals surface area contributed by atoms with Gasteiger partial charge in [0.2, 0.25) is 5.91 Å². The Morgan fingerprint density at radius 3 is 2.80 bits per heavy atom. The zero-order valence-electron chi connectivity index (χ0n) is 6.39. The van der Waals surface area contributed by atoms with Gasteiger partial charge in [-0.05, 0) is 6.26 Å². The summed E-state index contributed by atoms with van der Waals surface area (Å²) in [6, 6.07) is 0. The molecule has 10 heavy (non-hydrogen) atoms. The highest BCUT2D eigenvalue weighted by molar-refractivity contribution is 7.99. The smallest absolute Gasteiger partial charge is 0.233 e. The minimum absolute atomic E-state index is 0.0825. The Morgan fingerprint density at radius 1 is 1.80 bits per heavy atom. The van der Waals surface area contributed by atoms with Crippen LogP contribution in [-0.2, 0) is 4.79 Å². The van der Waals surface area contributed by atoms with E-state index in [2.05, 4.69) is 12.2 Å². The van der Waals surface area contributed by atoms with Crippen molar-refractivity contribution in [3.8, 4) is 0 Å². The van der Waals surface area contributed by atoms with Gasteiger partial charge in [0, 0.05) is 11.8 Å². The van der Waals surface area contributed by atoms with E-state index >= 15 is 0 Å². The van der Waals surface area contributed by atoms with Crippen LogP contribution < -0.4 is 11.1 Å². The van der Waals surface area contributed by atoms with E-state index in [0.717, 1.165) is 0 Å². The normalized spacial score (nSPS) is 12.7. The summed E-state index contributed by atoms with van der Waals surface area (Å²) in [5.74, 6) is -0.0825. The zero-order chi connectivity index (χ0) is 7.98. The van der Waals surface area contributed by atoms with Crippen molar-refractivity contribution in [1.29, 1.82) is 0 Å². The van der Waals surface area contributed by atoms with E-state index in [1.54, 1.807) is 11.8 Å². The molecule has 0 fully saturated rings. The lowest BCUT2D eigenvalue weighted by Gasteiger charge is -2.07. The number of nitrogens with one attached hydrogen (secondary N) is 1. The molecule has 0 saturated carbocycles. The van der Waals surface area contributed by atoms with Crippen molar-refractivity contribution in [2.75, 3.05) is 19.3 Å². The fraction of sp³-hybridized carbons (Fsp3) is 0.833. The average molecular weight is 162 g/mol. The van der Waals surface area contributed by atoms with Crippen LogP contribution in [0.15, 0.2) is 0 Å². The van der Waals surface area contributed by atoms with Gasteiger partial charge in [0.1, 0.15) is 0 Å². The average Bonchev–Trinajstić information content (AvgIpc) is 1.99. The fourth-order valence-electron chi connectivity index (χ4n) is 0.413. The van der Waals surface area contributed by atoms with Gasteiger partial charge in [0.15, 0.2) is 0 Å². The highest BCUT2D eigenvalue weighted by Crippen LogP contribution is 2.01. The van der Waals surface area contributed by atoms with Gasteiger partial charge >= 0.3 is 0 Å². The standard InChI is InChI=1S/C6H14N2OS/c1-5(10-2)4-8-6(9)3-7/h5H,3-4,7H2,1-2H3,(H,8,9). The van der Waals surface area contributed by atoms with Crippen molar-refractivity contribution in [2.45, 2.75) is 12.2 Å².